The van der Waals surface area contributed by atoms with Crippen molar-refractivity contribution in [3.8, 4) is 0 Å². The van der Waals surface area contributed by atoms with E-state index in [0.29, 0.717) is 18.1 Å². The molecule has 0 radical (unpaired) electrons. The zero-order valence-electron chi connectivity index (χ0n) is 9.76. The van der Waals surface area contributed by atoms with E-state index in [-0.39, 0.29) is 0 Å². The highest BCUT2D eigenvalue weighted by Gasteiger charge is 2.21. The topological polar surface area (TPSA) is 3.24 Å². The Bertz CT molecular complexity index is 108. The first-order chi connectivity index (χ1) is 5.37. The van der Waals surface area contributed by atoms with Crippen LogP contribution in [0.15, 0.2) is 0 Å². The Morgan fingerprint density at radius 2 is 1.00 bits per heavy atom. The molecule has 1 nitrogen and oxygen atoms in total. The Labute approximate surface area is 78.1 Å². The van der Waals surface area contributed by atoms with Crippen molar-refractivity contribution in [2.45, 2.75) is 66.6 Å². The van der Waals surface area contributed by atoms with Gasteiger partial charge >= 0.3 is 0 Å². The molecule has 0 aliphatic carbocycles. The van der Waals surface area contributed by atoms with Crippen LogP contribution in [0.25, 0.3) is 0 Å². The van der Waals surface area contributed by atoms with E-state index in [0.717, 1.165) is 5.92 Å². The predicted molar refractivity (Wildman–Crippen MR) is 56.4 cm³/mol. The van der Waals surface area contributed by atoms with Gasteiger partial charge in [-0.3, -0.25) is 4.90 Å². The molecule has 0 fully saturated rings. The molecule has 0 aliphatic rings. The average Bonchev–Trinajstić information content (AvgIpc) is 1.85. The first-order valence-corrected chi connectivity index (χ1v) is 5.15. The second-order valence-corrected chi connectivity index (χ2v) is 4.62. The summed E-state index contributed by atoms with van der Waals surface area (Å²) in [5.41, 5.74) is 0. The molecular formula is C11H25N. The van der Waals surface area contributed by atoms with Crippen LogP contribution in [0.4, 0.5) is 0 Å². The smallest absolute Gasteiger partial charge is 0.00953 e. The number of nitrogens with zero attached hydrogens (tertiary/aromatic N) is 1. The highest BCUT2D eigenvalue weighted by atomic mass is 15.2. The molecule has 0 bridgehead atoms. The summed E-state index contributed by atoms with van der Waals surface area (Å²) < 4.78 is 0. The fourth-order valence-electron chi connectivity index (χ4n) is 1.88. The van der Waals surface area contributed by atoms with Gasteiger partial charge in [-0.1, -0.05) is 13.8 Å². The third-order valence-electron chi connectivity index (χ3n) is 2.63. The van der Waals surface area contributed by atoms with Crippen LogP contribution in [0, 0.1) is 5.92 Å². The fraction of sp³-hybridized carbons (Fsp3) is 1.00. The maximum absolute atomic E-state index is 2.57. The fourth-order valence-corrected chi connectivity index (χ4v) is 1.88. The number of hydrogen-bond donors (Lipinski definition) is 0. The van der Waals surface area contributed by atoms with Gasteiger partial charge in [0, 0.05) is 18.1 Å². The lowest BCUT2D eigenvalue weighted by atomic mass is 10.0. The van der Waals surface area contributed by atoms with Crippen LogP contribution in [0.2, 0.25) is 0 Å². The molecule has 0 saturated heterocycles. The van der Waals surface area contributed by atoms with Gasteiger partial charge in [0.1, 0.15) is 0 Å². The highest BCUT2D eigenvalue weighted by Crippen LogP contribution is 2.16. The zero-order chi connectivity index (χ0) is 9.89. The molecule has 1 heteroatoms. The zero-order valence-corrected chi connectivity index (χ0v) is 9.76. The predicted octanol–water partition coefficient (Wildman–Crippen LogP) is 3.15. The summed E-state index contributed by atoms with van der Waals surface area (Å²) in [6.45, 7) is 16.0. The summed E-state index contributed by atoms with van der Waals surface area (Å²) >= 11 is 0. The van der Waals surface area contributed by atoms with E-state index in [4.69, 9.17) is 0 Å². The van der Waals surface area contributed by atoms with Crippen molar-refractivity contribution in [3.63, 3.8) is 0 Å². The van der Waals surface area contributed by atoms with Crippen LogP contribution in [-0.2, 0) is 0 Å². The second kappa shape index (κ2) is 4.86. The van der Waals surface area contributed by atoms with E-state index < -0.39 is 0 Å². The largest absolute Gasteiger partial charge is 0.296 e. The van der Waals surface area contributed by atoms with Gasteiger partial charge in [-0.15, -0.1) is 0 Å². The molecule has 0 aromatic carbocycles. The highest BCUT2D eigenvalue weighted by molar-refractivity contribution is 4.76. The Hall–Kier alpha value is -0.0400. The van der Waals surface area contributed by atoms with Crippen molar-refractivity contribution < 1.29 is 0 Å². The Morgan fingerprint density at radius 1 is 0.667 bits per heavy atom. The van der Waals surface area contributed by atoms with Crippen molar-refractivity contribution in [1.82, 2.24) is 4.90 Å². The normalized spacial score (nSPS) is 15.2. The maximum atomic E-state index is 2.57. The molecule has 0 aromatic heterocycles. The molecule has 0 rings (SSSR count). The first kappa shape index (κ1) is 12.0. The monoisotopic (exact) mass is 171 g/mol. The molecule has 0 aromatic rings. The minimum atomic E-state index is 0.655. The lowest BCUT2D eigenvalue weighted by Gasteiger charge is -2.38. The van der Waals surface area contributed by atoms with Crippen LogP contribution in [0.3, 0.4) is 0 Å². The van der Waals surface area contributed by atoms with Crippen molar-refractivity contribution in [3.05, 3.63) is 0 Å². The standard InChI is InChI=1S/C11H25N/c1-8(2)11(7)12(9(3)4)10(5)6/h8-11H,1-7H3/t11-/m1/s1. The van der Waals surface area contributed by atoms with Crippen molar-refractivity contribution in [2.24, 2.45) is 5.92 Å². The van der Waals surface area contributed by atoms with Crippen LogP contribution in [0.5, 0.6) is 0 Å². The Kier molecular flexibility index (Phi) is 4.84. The third-order valence-corrected chi connectivity index (χ3v) is 2.63. The van der Waals surface area contributed by atoms with Gasteiger partial charge in [-0.05, 0) is 40.5 Å². The van der Waals surface area contributed by atoms with Crippen molar-refractivity contribution in [1.29, 1.82) is 0 Å². The van der Waals surface area contributed by atoms with E-state index in [1.807, 2.05) is 0 Å². The molecule has 1 atom stereocenters. The summed E-state index contributed by atoms with van der Waals surface area (Å²) in [6.07, 6.45) is 0. The lowest BCUT2D eigenvalue weighted by Crippen LogP contribution is -2.45. The van der Waals surface area contributed by atoms with E-state index in [1.54, 1.807) is 0 Å². The van der Waals surface area contributed by atoms with Gasteiger partial charge in [0.05, 0.1) is 0 Å². The van der Waals surface area contributed by atoms with Crippen LogP contribution in [-0.4, -0.2) is 23.0 Å². The van der Waals surface area contributed by atoms with Crippen LogP contribution in [0.1, 0.15) is 48.5 Å². The van der Waals surface area contributed by atoms with Crippen LogP contribution >= 0.6 is 0 Å². The second-order valence-electron chi connectivity index (χ2n) is 4.62. The Balaban J connectivity index is 4.30. The SMILES string of the molecule is CC(C)[C@@H](C)N(C(C)C)C(C)C. The molecule has 0 unspecified atom stereocenters. The average molecular weight is 171 g/mol. The molecule has 0 amide bonds. The van der Waals surface area contributed by atoms with Crippen LogP contribution < -0.4 is 0 Å². The van der Waals surface area contributed by atoms with E-state index >= 15 is 0 Å². The van der Waals surface area contributed by atoms with Gasteiger partial charge < -0.3 is 0 Å². The van der Waals surface area contributed by atoms with Gasteiger partial charge in [-0.2, -0.15) is 0 Å². The summed E-state index contributed by atoms with van der Waals surface area (Å²) in [5, 5.41) is 0. The minimum absolute atomic E-state index is 0.655. The van der Waals surface area contributed by atoms with Gasteiger partial charge in [0.2, 0.25) is 0 Å². The van der Waals surface area contributed by atoms with Crippen molar-refractivity contribution in [2.75, 3.05) is 0 Å². The summed E-state index contributed by atoms with van der Waals surface area (Å²) in [7, 11) is 0. The minimum Gasteiger partial charge on any atom is -0.296 e. The van der Waals surface area contributed by atoms with Crippen molar-refractivity contribution >= 4 is 0 Å². The Morgan fingerprint density at radius 3 is 1.08 bits per heavy atom. The number of hydrogen-bond acceptors (Lipinski definition) is 1. The third kappa shape index (κ3) is 3.14. The van der Waals surface area contributed by atoms with E-state index in [1.165, 1.54) is 0 Å². The molecule has 0 N–H and O–H groups in total. The quantitative estimate of drug-likeness (QED) is 0.628. The molecule has 0 aliphatic heterocycles. The molecule has 0 saturated carbocycles. The maximum Gasteiger partial charge on any atom is 0.00953 e. The molecule has 12 heavy (non-hydrogen) atoms. The first-order valence-electron chi connectivity index (χ1n) is 5.15. The summed E-state index contributed by atoms with van der Waals surface area (Å²) in [4.78, 5) is 2.57. The van der Waals surface area contributed by atoms with Gasteiger partial charge in [0.25, 0.3) is 0 Å². The molecule has 74 valence electrons. The van der Waals surface area contributed by atoms with E-state index in [2.05, 4.69) is 53.4 Å². The molecular weight excluding hydrogens is 146 g/mol. The molecule has 0 spiro atoms. The lowest BCUT2D eigenvalue weighted by molar-refractivity contribution is 0.0940. The molecule has 0 heterocycles. The van der Waals surface area contributed by atoms with Gasteiger partial charge in [-0.25, -0.2) is 0 Å². The van der Waals surface area contributed by atoms with Gasteiger partial charge in [0.15, 0.2) is 0 Å². The van der Waals surface area contributed by atoms with E-state index in [9.17, 15) is 0 Å². The summed E-state index contributed by atoms with van der Waals surface area (Å²) in [5.74, 6) is 0.745. The number of rotatable bonds is 4. The summed E-state index contributed by atoms with van der Waals surface area (Å²) in [6, 6.07) is 2.00.